The highest BCUT2D eigenvalue weighted by atomic mass is 127. The fourth-order valence-electron chi connectivity index (χ4n) is 9.75. The summed E-state index contributed by atoms with van der Waals surface area (Å²) in [7, 11) is 1.32. The van der Waals surface area contributed by atoms with Crippen LogP contribution in [-0.2, 0) is 22.6 Å². The third-order valence-electron chi connectivity index (χ3n) is 12.7. The lowest BCUT2D eigenvalue weighted by atomic mass is 9.90. The first-order valence-electron chi connectivity index (χ1n) is 21.1. The highest BCUT2D eigenvalue weighted by Crippen LogP contribution is 2.50. The first-order valence-corrected chi connectivity index (χ1v) is 22.2. The van der Waals surface area contributed by atoms with Gasteiger partial charge in [0.1, 0.15) is 23.3 Å². The summed E-state index contributed by atoms with van der Waals surface area (Å²) in [5, 5.41) is 5.06. The van der Waals surface area contributed by atoms with E-state index in [-0.39, 0.29) is 30.0 Å². The van der Waals surface area contributed by atoms with E-state index in [9.17, 15) is 14.4 Å². The molecule has 3 aliphatic heterocycles. The molecule has 314 valence electrons. The molecule has 0 radical (unpaired) electrons. The zero-order chi connectivity index (χ0) is 41.8. The third-order valence-corrected chi connectivity index (χ3v) is 14.4. The number of alkyl halides is 1. The normalized spacial score (nSPS) is 23.6. The lowest BCUT2D eigenvalue weighted by molar-refractivity contribution is -0.137. The van der Waals surface area contributed by atoms with E-state index in [1.54, 1.807) is 0 Å². The average Bonchev–Trinajstić information content (AvgIpc) is 4.11. The second-order valence-electron chi connectivity index (χ2n) is 17.7. The van der Waals surface area contributed by atoms with Gasteiger partial charge in [0.25, 0.3) is 0 Å². The van der Waals surface area contributed by atoms with Gasteiger partial charge < -0.3 is 34.4 Å². The Morgan fingerprint density at radius 2 is 1.55 bits per heavy atom. The quantitative estimate of drug-likeness (QED) is 0.0792. The molecule has 0 spiro atoms. The number of alkyl carbamates (subject to hydrolysis) is 1. The topological polar surface area (TPSA) is 155 Å². The molecule has 4 fully saturated rings. The summed E-state index contributed by atoms with van der Waals surface area (Å²) < 4.78 is 15.6. The number of methoxy groups -OCH3 is 1. The summed E-state index contributed by atoms with van der Waals surface area (Å²) in [6.45, 7) is 7.42. The Morgan fingerprint density at radius 1 is 0.883 bits per heavy atom. The number of imidazole rings is 2. The number of benzene rings is 3. The van der Waals surface area contributed by atoms with E-state index in [4.69, 9.17) is 24.2 Å². The van der Waals surface area contributed by atoms with Crippen LogP contribution in [-0.4, -0.2) is 92.4 Å². The number of ether oxygens (including phenoxy) is 3. The van der Waals surface area contributed by atoms with Gasteiger partial charge in [-0.2, -0.15) is 0 Å². The molecule has 3 amide bonds. The number of nitrogens with one attached hydrogen (secondary N) is 3. The van der Waals surface area contributed by atoms with Crippen molar-refractivity contribution in [2.45, 2.75) is 93.0 Å². The van der Waals surface area contributed by atoms with Gasteiger partial charge in [0.15, 0.2) is 3.55 Å². The van der Waals surface area contributed by atoms with Crippen molar-refractivity contribution in [3.8, 4) is 33.6 Å². The van der Waals surface area contributed by atoms with Gasteiger partial charge >= 0.3 is 12.2 Å². The maximum absolute atomic E-state index is 14.2. The first-order chi connectivity index (χ1) is 28.9. The van der Waals surface area contributed by atoms with E-state index in [0.717, 1.165) is 82.3 Å². The molecule has 1 saturated carbocycles. The first kappa shape index (κ1) is 40.4. The largest absolute Gasteiger partial charge is 0.453 e. The number of hydrogen-bond acceptors (Lipinski definition) is 8. The number of rotatable bonds is 8. The standard InChI is InChI=1S/C46H52IN7O6/c1-45(2,3)60-44(57)54-35-15-14-34(24-35)39(54)40-48-25-36(50-40)28-8-6-27(7-9-28)30-10-11-32-23-33(13-12-31(32)22-30)37-26-49-42(51-37)46(47)18-5-19-53(46)41(55)38(52-43(56)58-4)29-16-20-59-21-17-29/h6-13,22-23,25-26,29,34-35,38-39H,5,14-21,24H2,1-4H3,(H,48,50)(H,49,51)(H,52,56). The van der Waals surface area contributed by atoms with Gasteiger partial charge in [0.05, 0.1) is 36.9 Å². The van der Waals surface area contributed by atoms with Crippen molar-refractivity contribution in [2.75, 3.05) is 26.9 Å². The number of halogens is 1. The number of carbonyl (C=O) groups is 3. The third kappa shape index (κ3) is 7.76. The molecule has 13 nitrogen and oxygen atoms in total. The lowest BCUT2D eigenvalue weighted by Gasteiger charge is -2.37. The Bertz CT molecular complexity index is 2400. The number of nitrogens with zero attached hydrogens (tertiary/aromatic N) is 4. The number of aromatic nitrogens is 4. The maximum Gasteiger partial charge on any atom is 0.411 e. The SMILES string of the molecule is COC(=O)NC(C(=O)N1CCCC1(I)c1ncc(-c2ccc3cc(-c4ccc(-c5cnc(C6C7CCC(C7)N6C(=O)OC(C)(C)C)[nH]5)cc4)ccc3c2)[nH]1)C1CCOCC1. The van der Waals surface area contributed by atoms with Gasteiger partial charge in [-0.05, 0) is 140 Å². The van der Waals surface area contributed by atoms with Crippen molar-refractivity contribution in [3.05, 3.63) is 84.7 Å². The molecule has 60 heavy (non-hydrogen) atoms. The molecule has 4 aliphatic rings. The van der Waals surface area contributed by atoms with Crippen LogP contribution in [0.4, 0.5) is 9.59 Å². The minimum Gasteiger partial charge on any atom is -0.453 e. The van der Waals surface area contributed by atoms with Gasteiger partial charge in [-0.15, -0.1) is 0 Å². The summed E-state index contributed by atoms with van der Waals surface area (Å²) in [6, 6.07) is 20.8. The number of amides is 3. The summed E-state index contributed by atoms with van der Waals surface area (Å²) in [6.07, 6.45) is 8.89. The molecular formula is C46H52IN7O6. The number of aromatic amines is 2. The minimum atomic E-state index is -0.701. The molecule has 3 aromatic carbocycles. The van der Waals surface area contributed by atoms with Gasteiger partial charge in [-0.1, -0.05) is 48.5 Å². The second kappa shape index (κ2) is 16.1. The zero-order valence-corrected chi connectivity index (χ0v) is 36.7. The van der Waals surface area contributed by atoms with E-state index in [0.29, 0.717) is 44.3 Å². The molecule has 3 N–H and O–H groups in total. The molecule has 5 heterocycles. The molecule has 1 aliphatic carbocycles. The molecular weight excluding hydrogens is 873 g/mol. The van der Waals surface area contributed by atoms with Crippen LogP contribution in [0.15, 0.2) is 73.1 Å². The van der Waals surface area contributed by atoms with Gasteiger partial charge in [0.2, 0.25) is 5.91 Å². The summed E-state index contributed by atoms with van der Waals surface area (Å²) in [5.74, 6) is 1.76. The smallest absolute Gasteiger partial charge is 0.411 e. The Hall–Kier alpha value is -4.96. The van der Waals surface area contributed by atoms with Gasteiger partial charge in [0, 0.05) is 31.4 Å². The zero-order valence-electron chi connectivity index (χ0n) is 34.5. The van der Waals surface area contributed by atoms with Crippen LogP contribution >= 0.6 is 22.6 Å². The van der Waals surface area contributed by atoms with Crippen molar-refractivity contribution in [3.63, 3.8) is 0 Å². The monoisotopic (exact) mass is 925 g/mol. The van der Waals surface area contributed by atoms with Crippen LogP contribution in [0.3, 0.4) is 0 Å². The number of likely N-dealkylation sites (tertiary alicyclic amines) is 2. The van der Waals surface area contributed by atoms with Crippen LogP contribution in [0, 0.1) is 11.8 Å². The molecule has 5 atom stereocenters. The van der Waals surface area contributed by atoms with Crippen LogP contribution in [0.5, 0.6) is 0 Å². The molecule has 14 heteroatoms. The minimum absolute atomic E-state index is 0.0373. The molecule has 5 unspecified atom stereocenters. The predicted octanol–water partition coefficient (Wildman–Crippen LogP) is 9.11. The van der Waals surface area contributed by atoms with Crippen LogP contribution < -0.4 is 5.32 Å². The van der Waals surface area contributed by atoms with E-state index in [2.05, 4.69) is 98.5 Å². The number of carbonyl (C=O) groups excluding carboxylic acids is 3. The van der Waals surface area contributed by atoms with E-state index >= 15 is 0 Å². The second-order valence-corrected chi connectivity index (χ2v) is 19.4. The van der Waals surface area contributed by atoms with Crippen LogP contribution in [0.1, 0.15) is 83.4 Å². The lowest BCUT2D eigenvalue weighted by Crippen LogP contribution is -2.55. The van der Waals surface area contributed by atoms with E-state index < -0.39 is 21.3 Å². The molecule has 2 bridgehead atoms. The van der Waals surface area contributed by atoms with Crippen molar-refractivity contribution < 1.29 is 28.6 Å². The average molecular weight is 926 g/mol. The van der Waals surface area contributed by atoms with Gasteiger partial charge in [-0.25, -0.2) is 19.6 Å². The van der Waals surface area contributed by atoms with Crippen molar-refractivity contribution in [1.29, 1.82) is 0 Å². The molecule has 5 aromatic rings. The number of H-pyrrole nitrogens is 2. The Morgan fingerprint density at radius 3 is 2.28 bits per heavy atom. The van der Waals surface area contributed by atoms with Crippen LogP contribution in [0.25, 0.3) is 44.4 Å². The fourth-order valence-corrected chi connectivity index (χ4v) is 10.9. The van der Waals surface area contributed by atoms with Gasteiger partial charge in [-0.3, -0.25) is 9.69 Å². The summed E-state index contributed by atoms with van der Waals surface area (Å²) in [5.41, 5.74) is 5.50. The highest BCUT2D eigenvalue weighted by Gasteiger charge is 2.51. The predicted molar refractivity (Wildman–Crippen MR) is 236 cm³/mol. The Kier molecular flexibility index (Phi) is 10.9. The Balaban J connectivity index is 0.894. The fraction of sp³-hybridized carbons (Fsp3) is 0.457. The number of piperidine rings is 1. The van der Waals surface area contributed by atoms with E-state index in [1.165, 1.54) is 7.11 Å². The van der Waals surface area contributed by atoms with Crippen molar-refractivity contribution in [1.82, 2.24) is 35.1 Å². The molecule has 2 aromatic heterocycles. The van der Waals surface area contributed by atoms with Crippen molar-refractivity contribution in [2.24, 2.45) is 11.8 Å². The highest BCUT2D eigenvalue weighted by molar-refractivity contribution is 14.1. The Labute approximate surface area is 363 Å². The van der Waals surface area contributed by atoms with Crippen molar-refractivity contribution >= 4 is 51.5 Å². The number of hydrogen-bond donors (Lipinski definition) is 3. The van der Waals surface area contributed by atoms with E-state index in [1.807, 2.05) is 43.0 Å². The number of fused-ring (bicyclic) bond motifs is 3. The molecule has 9 rings (SSSR count). The maximum atomic E-state index is 14.2. The molecule has 3 saturated heterocycles. The van der Waals surface area contributed by atoms with Crippen LogP contribution in [0.2, 0.25) is 0 Å². The summed E-state index contributed by atoms with van der Waals surface area (Å²) >= 11 is 2.36. The summed E-state index contributed by atoms with van der Waals surface area (Å²) in [4.78, 5) is 60.3.